The maximum Gasteiger partial charge on any atom is -0.0590 e. The van der Waals surface area contributed by atoms with Gasteiger partial charge in [-0.25, -0.2) is 0 Å². The van der Waals surface area contributed by atoms with Crippen LogP contribution >= 0.6 is 0 Å². The Balaban J connectivity index is -0.0000000107. The zero-order chi connectivity index (χ0) is 17.4. The second-order valence-electron chi connectivity index (χ2n) is 1.41. The minimum Gasteiger partial charge on any atom is -0.124 e. The van der Waals surface area contributed by atoms with Crippen molar-refractivity contribution in [1.82, 2.24) is 0 Å². The van der Waals surface area contributed by atoms with Gasteiger partial charge in [0, 0.05) is 0 Å². The zero-order valence-electron chi connectivity index (χ0n) is 16.0. The summed E-state index contributed by atoms with van der Waals surface area (Å²) in [7, 11) is 0. The van der Waals surface area contributed by atoms with Crippen LogP contribution in [0.5, 0.6) is 0 Å². The molecule has 18 heavy (non-hydrogen) atoms. The van der Waals surface area contributed by atoms with Crippen LogP contribution in [-0.4, -0.2) is 0 Å². The highest BCUT2D eigenvalue weighted by molar-refractivity contribution is 4.47. The Bertz CT molecular complexity index is 24.3. The van der Waals surface area contributed by atoms with Crippen molar-refractivity contribution in [1.29, 1.82) is 0 Å². The lowest BCUT2D eigenvalue weighted by molar-refractivity contribution is 1.09. The first-order valence-electron chi connectivity index (χ1n) is 7.66. The highest BCUT2D eigenvalue weighted by Crippen LogP contribution is 1.56. The van der Waals surface area contributed by atoms with Crippen LogP contribution < -0.4 is 0 Å². The van der Waals surface area contributed by atoms with Gasteiger partial charge in [-0.15, -0.1) is 26.0 Å². The number of hydrogen-bond donors (Lipinski definition) is 0. The van der Waals surface area contributed by atoms with Gasteiger partial charge in [0.15, 0.2) is 0 Å². The fraction of sp³-hybridized carbons (Fsp3) is 0.778. The van der Waals surface area contributed by atoms with E-state index >= 15 is 0 Å². The van der Waals surface area contributed by atoms with Crippen LogP contribution in [-0.2, 0) is 0 Å². The predicted molar refractivity (Wildman–Crippen MR) is 98.5 cm³/mol. The number of rotatable bonds is 0. The molecule has 0 saturated carbocycles. The Morgan fingerprint density at radius 2 is 0.500 bits per heavy atom. The first kappa shape index (κ1) is 53.1. The molecule has 0 amide bonds. The summed E-state index contributed by atoms with van der Waals surface area (Å²) in [6.07, 6.45) is 10.5. The monoisotopic (exact) mass is 262 g/mol. The Morgan fingerprint density at radius 1 is 0.500 bits per heavy atom. The minimum atomic E-state index is 1.25. The van der Waals surface area contributed by atoms with Crippen molar-refractivity contribution in [2.24, 2.45) is 0 Å². The van der Waals surface area contributed by atoms with Crippen molar-refractivity contribution in [3.63, 3.8) is 0 Å². The van der Waals surface area contributed by atoms with Crippen LogP contribution in [0.4, 0.5) is 0 Å². The van der Waals surface area contributed by atoms with E-state index in [9.17, 15) is 0 Å². The van der Waals surface area contributed by atoms with Gasteiger partial charge in [0.25, 0.3) is 0 Å². The molecule has 0 aliphatic heterocycles. The molecule has 0 radical (unpaired) electrons. The van der Waals surface area contributed by atoms with Crippen molar-refractivity contribution in [3.05, 3.63) is 13.2 Å². The van der Waals surface area contributed by atoms with E-state index < -0.39 is 0 Å². The van der Waals surface area contributed by atoms with Crippen LogP contribution in [0.2, 0.25) is 0 Å². The van der Waals surface area contributed by atoms with E-state index in [0.29, 0.717) is 0 Å². The summed E-state index contributed by atoms with van der Waals surface area (Å²) in [5.74, 6) is 0. The van der Waals surface area contributed by atoms with Gasteiger partial charge in [0.1, 0.15) is 0 Å². The van der Waals surface area contributed by atoms with Crippen molar-refractivity contribution in [2.75, 3.05) is 0 Å². The predicted octanol–water partition coefficient (Wildman–Crippen LogP) is 7.99. The largest absolute Gasteiger partial charge is 0.124 e. The van der Waals surface area contributed by atoms with Gasteiger partial charge in [0.2, 0.25) is 0 Å². The molecule has 0 aromatic carbocycles. The van der Waals surface area contributed by atoms with Crippen molar-refractivity contribution in [3.8, 4) is 12.8 Å². The summed E-state index contributed by atoms with van der Waals surface area (Å²) in [6.45, 7) is 30.5. The maximum absolute atomic E-state index is 4.00. The Morgan fingerprint density at radius 3 is 0.500 bits per heavy atom. The summed E-state index contributed by atoms with van der Waals surface area (Å²) in [5, 5.41) is 0. The summed E-state index contributed by atoms with van der Waals surface area (Å²) in [6, 6.07) is 0. The van der Waals surface area contributed by atoms with Gasteiger partial charge >= 0.3 is 0 Å². The summed E-state index contributed by atoms with van der Waals surface area (Å²) >= 11 is 0. The standard InChI is InChI=1S/2C3H8.4C2H6.C2H4.C2H2/c2*1-3-2;6*1-2/h2*3H2,1-2H3;4*1-2H3;1-2H2;1-2H. The van der Waals surface area contributed by atoms with E-state index in [4.69, 9.17) is 0 Å². The second kappa shape index (κ2) is 2260. The van der Waals surface area contributed by atoms with Crippen LogP contribution in [0.1, 0.15) is 95.9 Å². The topological polar surface area (TPSA) is 0 Å². The van der Waals surface area contributed by atoms with E-state index in [2.05, 4.69) is 53.7 Å². The molecule has 0 aliphatic carbocycles. The van der Waals surface area contributed by atoms with E-state index in [0.717, 1.165) is 0 Å². The molecule has 0 heteroatoms. The van der Waals surface area contributed by atoms with Crippen LogP contribution in [0.15, 0.2) is 13.2 Å². The van der Waals surface area contributed by atoms with Gasteiger partial charge in [-0.05, 0) is 0 Å². The van der Waals surface area contributed by atoms with Gasteiger partial charge in [0.05, 0.1) is 0 Å². The van der Waals surface area contributed by atoms with Crippen LogP contribution in [0.25, 0.3) is 0 Å². The molecule has 0 saturated heterocycles. The molecule has 118 valence electrons. The van der Waals surface area contributed by atoms with Gasteiger partial charge in [-0.1, -0.05) is 95.9 Å². The van der Waals surface area contributed by atoms with Crippen molar-refractivity contribution >= 4 is 0 Å². The lowest BCUT2D eigenvalue weighted by atomic mass is 10.6. The molecule has 0 aliphatic rings. The molecule has 0 heterocycles. The number of terminal acetylenes is 1. The summed E-state index contributed by atoms with van der Waals surface area (Å²) in [5.41, 5.74) is 0. The summed E-state index contributed by atoms with van der Waals surface area (Å²) < 4.78 is 0. The summed E-state index contributed by atoms with van der Waals surface area (Å²) in [4.78, 5) is 0. The van der Waals surface area contributed by atoms with Crippen LogP contribution in [0.3, 0.4) is 0 Å². The fourth-order valence-electron chi connectivity index (χ4n) is 0. The third-order valence-electron chi connectivity index (χ3n) is 0. The normalized spacial score (nSPS) is 3.67. The van der Waals surface area contributed by atoms with Gasteiger partial charge < -0.3 is 0 Å². The third kappa shape index (κ3) is 6390. The Labute approximate surface area is 122 Å². The van der Waals surface area contributed by atoms with Gasteiger partial charge in [-0.2, -0.15) is 0 Å². The average molecular weight is 263 g/mol. The molecule has 0 bridgehead atoms. The Hall–Kier alpha value is -0.700. The minimum absolute atomic E-state index is 1.25. The highest BCUT2D eigenvalue weighted by Gasteiger charge is 1.36. The molecule has 0 fully saturated rings. The first-order chi connectivity index (χ1) is 8.83. The second-order valence-corrected chi connectivity index (χ2v) is 1.41. The van der Waals surface area contributed by atoms with E-state index in [-0.39, 0.29) is 0 Å². The fourth-order valence-corrected chi connectivity index (χ4v) is 0. The molecule has 0 atom stereocenters. The van der Waals surface area contributed by atoms with E-state index in [1.807, 2.05) is 55.4 Å². The molecule has 0 unspecified atom stereocenters. The number of hydrogen-bond acceptors (Lipinski definition) is 0. The molecule has 0 N–H and O–H groups in total. The maximum atomic E-state index is 4.00. The van der Waals surface area contributed by atoms with Crippen molar-refractivity contribution < 1.29 is 0 Å². The Kier molecular flexibility index (Phi) is 6670. The molecule has 0 aromatic heterocycles. The SMILES string of the molecule is C#C.C=C.CC.CC.CC.CC.CCC.CCC. The lowest BCUT2D eigenvalue weighted by Gasteiger charge is -1.48. The lowest BCUT2D eigenvalue weighted by Crippen LogP contribution is -1.27. The molecular formula is C18H46. The third-order valence-corrected chi connectivity index (χ3v) is 0. The molecule has 0 aromatic rings. The molecule has 0 rings (SSSR count). The van der Waals surface area contributed by atoms with Crippen LogP contribution in [0, 0.1) is 12.8 Å². The quantitative estimate of drug-likeness (QED) is 0.306. The zero-order valence-corrected chi connectivity index (χ0v) is 16.0. The average Bonchev–Trinajstić information content (AvgIpc) is 2.52. The molecular weight excluding hydrogens is 216 g/mol. The first-order valence-corrected chi connectivity index (χ1v) is 7.66. The van der Waals surface area contributed by atoms with E-state index in [1.54, 1.807) is 0 Å². The van der Waals surface area contributed by atoms with Crippen molar-refractivity contribution in [2.45, 2.75) is 95.9 Å². The highest BCUT2D eigenvalue weighted by atomic mass is 13.4. The molecule has 0 nitrogen and oxygen atoms in total. The smallest absolute Gasteiger partial charge is 0.0590 e. The van der Waals surface area contributed by atoms with E-state index in [1.165, 1.54) is 12.8 Å². The van der Waals surface area contributed by atoms with Gasteiger partial charge in [-0.3, -0.25) is 0 Å². The molecule has 0 spiro atoms.